The maximum atomic E-state index is 12.0. The minimum Gasteiger partial charge on any atom is -0.480 e. The van der Waals surface area contributed by atoms with E-state index in [0.29, 0.717) is 0 Å². The van der Waals surface area contributed by atoms with E-state index >= 15 is 0 Å². The standard InChI is InChI=1S/C11H13N3O5/c1-6(11(16)17)13(2)10(15)7-4-3-5-8(9(7)12)14(18)19/h3-6H,12H2,1-2H3,(H,16,17). The van der Waals surface area contributed by atoms with E-state index < -0.39 is 22.8 Å². The first-order valence-corrected chi connectivity index (χ1v) is 5.30. The Morgan fingerprint density at radius 1 is 1.47 bits per heavy atom. The van der Waals surface area contributed by atoms with E-state index in [4.69, 9.17) is 10.8 Å². The summed E-state index contributed by atoms with van der Waals surface area (Å²) in [6.07, 6.45) is 0. The molecule has 8 nitrogen and oxygen atoms in total. The van der Waals surface area contributed by atoms with Crippen LogP contribution in [0.5, 0.6) is 0 Å². The van der Waals surface area contributed by atoms with Gasteiger partial charge in [-0.2, -0.15) is 0 Å². The number of hydrogen-bond donors (Lipinski definition) is 2. The van der Waals surface area contributed by atoms with E-state index in [1.54, 1.807) is 0 Å². The van der Waals surface area contributed by atoms with E-state index in [2.05, 4.69) is 0 Å². The summed E-state index contributed by atoms with van der Waals surface area (Å²) < 4.78 is 0. The summed E-state index contributed by atoms with van der Waals surface area (Å²) >= 11 is 0. The first kappa shape index (κ1) is 14.4. The number of carboxylic acids is 1. The Morgan fingerprint density at radius 2 is 2.05 bits per heavy atom. The molecular weight excluding hydrogens is 254 g/mol. The topological polar surface area (TPSA) is 127 Å². The van der Waals surface area contributed by atoms with Crippen molar-refractivity contribution >= 4 is 23.3 Å². The molecule has 1 aromatic rings. The Hall–Kier alpha value is -2.64. The van der Waals surface area contributed by atoms with Gasteiger partial charge < -0.3 is 15.7 Å². The first-order chi connectivity index (χ1) is 8.77. The average Bonchev–Trinajstić information content (AvgIpc) is 2.35. The van der Waals surface area contributed by atoms with Crippen molar-refractivity contribution < 1.29 is 19.6 Å². The molecule has 0 aliphatic heterocycles. The number of nitro benzene ring substituents is 1. The van der Waals surface area contributed by atoms with Gasteiger partial charge in [-0.15, -0.1) is 0 Å². The van der Waals surface area contributed by atoms with Gasteiger partial charge in [0.15, 0.2) is 0 Å². The minimum absolute atomic E-state index is 0.0928. The van der Waals surface area contributed by atoms with Gasteiger partial charge in [-0.25, -0.2) is 4.79 Å². The van der Waals surface area contributed by atoms with Crippen molar-refractivity contribution in [2.24, 2.45) is 0 Å². The molecule has 0 aliphatic rings. The molecule has 0 spiro atoms. The van der Waals surface area contributed by atoms with Gasteiger partial charge in [0.25, 0.3) is 11.6 Å². The number of benzene rings is 1. The van der Waals surface area contributed by atoms with Crippen LogP contribution in [0, 0.1) is 10.1 Å². The third-order valence-corrected chi connectivity index (χ3v) is 2.77. The Balaban J connectivity index is 3.17. The van der Waals surface area contributed by atoms with Crippen LogP contribution in [0.2, 0.25) is 0 Å². The number of para-hydroxylation sites is 1. The normalized spacial score (nSPS) is 11.7. The quantitative estimate of drug-likeness (QED) is 0.470. The van der Waals surface area contributed by atoms with Crippen LogP contribution < -0.4 is 5.73 Å². The monoisotopic (exact) mass is 267 g/mol. The lowest BCUT2D eigenvalue weighted by molar-refractivity contribution is -0.383. The highest BCUT2D eigenvalue weighted by Gasteiger charge is 2.26. The molecule has 102 valence electrons. The minimum atomic E-state index is -1.18. The van der Waals surface area contributed by atoms with Crippen LogP contribution in [-0.2, 0) is 4.79 Å². The van der Waals surface area contributed by atoms with Gasteiger partial charge in [0.05, 0.1) is 10.5 Å². The molecule has 19 heavy (non-hydrogen) atoms. The number of carbonyl (C=O) groups is 2. The summed E-state index contributed by atoms with van der Waals surface area (Å²) in [6, 6.07) is 2.75. The maximum absolute atomic E-state index is 12.0. The van der Waals surface area contributed by atoms with Crippen molar-refractivity contribution in [3.05, 3.63) is 33.9 Å². The van der Waals surface area contributed by atoms with E-state index in [1.165, 1.54) is 32.2 Å². The number of carboxylic acid groups (broad SMARTS) is 1. The first-order valence-electron chi connectivity index (χ1n) is 5.30. The molecule has 1 amide bonds. The summed E-state index contributed by atoms with van der Waals surface area (Å²) in [5.41, 5.74) is 4.81. The predicted molar refractivity (Wildman–Crippen MR) is 66.7 cm³/mol. The van der Waals surface area contributed by atoms with Crippen LogP contribution in [0.4, 0.5) is 11.4 Å². The zero-order valence-electron chi connectivity index (χ0n) is 10.4. The molecule has 1 unspecified atom stereocenters. The SMILES string of the molecule is CC(C(=O)O)N(C)C(=O)c1cccc([N+](=O)[O-])c1N. The lowest BCUT2D eigenvalue weighted by atomic mass is 10.1. The largest absolute Gasteiger partial charge is 0.480 e. The number of nitrogen functional groups attached to an aromatic ring is 1. The average molecular weight is 267 g/mol. The molecule has 0 fully saturated rings. The fourth-order valence-corrected chi connectivity index (χ4v) is 1.43. The fraction of sp³-hybridized carbons (Fsp3) is 0.273. The second kappa shape index (κ2) is 5.34. The molecule has 0 radical (unpaired) electrons. The molecule has 0 saturated carbocycles. The second-order valence-electron chi connectivity index (χ2n) is 3.93. The molecule has 1 rings (SSSR count). The lowest BCUT2D eigenvalue weighted by Gasteiger charge is -2.22. The third-order valence-electron chi connectivity index (χ3n) is 2.77. The zero-order chi connectivity index (χ0) is 14.7. The molecule has 0 bridgehead atoms. The van der Waals surface area contributed by atoms with Crippen LogP contribution >= 0.6 is 0 Å². The van der Waals surface area contributed by atoms with Crippen molar-refractivity contribution in [1.29, 1.82) is 0 Å². The number of aliphatic carboxylic acids is 1. The molecule has 3 N–H and O–H groups in total. The number of hydrogen-bond acceptors (Lipinski definition) is 5. The molecule has 0 heterocycles. The summed E-state index contributed by atoms with van der Waals surface area (Å²) in [6.45, 7) is 1.33. The fourth-order valence-electron chi connectivity index (χ4n) is 1.43. The van der Waals surface area contributed by atoms with Gasteiger partial charge in [-0.05, 0) is 13.0 Å². The molecule has 0 aliphatic carbocycles. The Labute approximate surface area is 108 Å². The van der Waals surface area contributed by atoms with Crippen LogP contribution in [0.3, 0.4) is 0 Å². The van der Waals surface area contributed by atoms with Crippen LogP contribution in [0.25, 0.3) is 0 Å². The number of amides is 1. The van der Waals surface area contributed by atoms with Crippen molar-refractivity contribution in [2.75, 3.05) is 12.8 Å². The molecule has 8 heteroatoms. The zero-order valence-corrected chi connectivity index (χ0v) is 10.4. The summed E-state index contributed by atoms with van der Waals surface area (Å²) in [4.78, 5) is 33.8. The van der Waals surface area contributed by atoms with Gasteiger partial charge in [0.2, 0.25) is 0 Å². The van der Waals surface area contributed by atoms with Crippen LogP contribution in [-0.4, -0.2) is 39.9 Å². The van der Waals surface area contributed by atoms with Crippen LogP contribution in [0.15, 0.2) is 18.2 Å². The predicted octanol–water partition coefficient (Wildman–Crippen LogP) is 0.722. The highest BCUT2D eigenvalue weighted by atomic mass is 16.6. The van der Waals surface area contributed by atoms with Gasteiger partial charge >= 0.3 is 5.97 Å². The Bertz CT molecular complexity index is 543. The number of carbonyl (C=O) groups excluding carboxylic acids is 1. The number of nitrogens with zero attached hydrogens (tertiary/aromatic N) is 2. The molecular formula is C11H13N3O5. The highest BCUT2D eigenvalue weighted by molar-refractivity contribution is 6.02. The van der Waals surface area contributed by atoms with Gasteiger partial charge in [0.1, 0.15) is 11.7 Å². The Kier molecular flexibility index (Phi) is 4.05. The van der Waals surface area contributed by atoms with Gasteiger partial charge in [0, 0.05) is 13.1 Å². The number of nitrogens with two attached hydrogens (primary N) is 1. The van der Waals surface area contributed by atoms with Crippen molar-refractivity contribution in [1.82, 2.24) is 4.90 Å². The molecule has 0 saturated heterocycles. The van der Waals surface area contributed by atoms with Crippen molar-refractivity contribution in [3.8, 4) is 0 Å². The molecule has 0 aromatic heterocycles. The number of likely N-dealkylation sites (N-methyl/N-ethyl adjacent to an activating group) is 1. The summed E-state index contributed by atoms with van der Waals surface area (Å²) in [5.74, 6) is -1.86. The molecule has 1 aromatic carbocycles. The maximum Gasteiger partial charge on any atom is 0.326 e. The summed E-state index contributed by atoms with van der Waals surface area (Å²) in [7, 11) is 1.29. The number of nitro groups is 1. The van der Waals surface area contributed by atoms with Gasteiger partial charge in [-0.1, -0.05) is 6.07 Å². The van der Waals surface area contributed by atoms with E-state index in [-0.39, 0.29) is 16.9 Å². The van der Waals surface area contributed by atoms with E-state index in [0.717, 1.165) is 4.90 Å². The third kappa shape index (κ3) is 2.79. The summed E-state index contributed by atoms with van der Waals surface area (Å²) in [5, 5.41) is 19.5. The lowest BCUT2D eigenvalue weighted by Crippen LogP contribution is -2.40. The molecule has 1 atom stereocenters. The second-order valence-corrected chi connectivity index (χ2v) is 3.93. The number of rotatable bonds is 4. The van der Waals surface area contributed by atoms with E-state index in [9.17, 15) is 19.7 Å². The smallest absolute Gasteiger partial charge is 0.326 e. The van der Waals surface area contributed by atoms with Crippen LogP contribution in [0.1, 0.15) is 17.3 Å². The number of anilines is 1. The van der Waals surface area contributed by atoms with Gasteiger partial charge in [-0.3, -0.25) is 14.9 Å². The highest BCUT2D eigenvalue weighted by Crippen LogP contribution is 2.25. The Morgan fingerprint density at radius 3 is 2.53 bits per heavy atom. The van der Waals surface area contributed by atoms with Crippen molar-refractivity contribution in [2.45, 2.75) is 13.0 Å². The van der Waals surface area contributed by atoms with E-state index in [1.807, 2.05) is 0 Å². The van der Waals surface area contributed by atoms with Crippen molar-refractivity contribution in [3.63, 3.8) is 0 Å².